The van der Waals surface area contributed by atoms with Crippen molar-refractivity contribution in [2.75, 3.05) is 0 Å². The van der Waals surface area contributed by atoms with Crippen molar-refractivity contribution >= 4 is 16.8 Å². The van der Waals surface area contributed by atoms with Crippen molar-refractivity contribution in [3.8, 4) is 11.3 Å². The monoisotopic (exact) mass is 291 g/mol. The Morgan fingerprint density at radius 3 is 2.27 bits per heavy atom. The number of hydrogen-bond acceptors (Lipinski definition) is 1. The molecule has 3 rings (SSSR count). The van der Waals surface area contributed by atoms with Gasteiger partial charge in [-0.3, -0.25) is 9.36 Å². The highest BCUT2D eigenvalue weighted by Crippen LogP contribution is 2.31. The Bertz CT molecular complexity index is 835. The van der Waals surface area contributed by atoms with Crippen molar-refractivity contribution in [3.63, 3.8) is 0 Å². The summed E-state index contributed by atoms with van der Waals surface area (Å²) in [4.78, 5) is 13.0. The van der Waals surface area contributed by atoms with Crippen LogP contribution in [0.2, 0.25) is 0 Å². The molecule has 0 amide bonds. The molecule has 0 fully saturated rings. The number of carbonyl (C=O) groups is 1. The lowest BCUT2D eigenvalue weighted by Gasteiger charge is -2.20. The quantitative estimate of drug-likeness (QED) is 0.596. The Kier molecular flexibility index (Phi) is 3.40. The minimum absolute atomic E-state index is 0.118. The summed E-state index contributed by atoms with van der Waals surface area (Å²) < 4.78 is 1.87. The summed E-state index contributed by atoms with van der Waals surface area (Å²) in [5.74, 6) is 0.118. The first-order valence-electron chi connectivity index (χ1n) is 7.60. The standard InChI is InChI=1S/C20H21NO/c1-14-10-11-16-13-18(15-8-6-5-7-9-15)21(17(16)12-14)19(22)20(2,3)4/h5-13H,1-4H3. The maximum atomic E-state index is 13.0. The first-order chi connectivity index (χ1) is 10.4. The van der Waals surface area contributed by atoms with E-state index < -0.39 is 5.41 Å². The van der Waals surface area contributed by atoms with Crippen LogP contribution in [0.5, 0.6) is 0 Å². The second-order valence-corrected chi connectivity index (χ2v) is 6.85. The van der Waals surface area contributed by atoms with Crippen LogP contribution < -0.4 is 0 Å². The summed E-state index contributed by atoms with van der Waals surface area (Å²) >= 11 is 0. The van der Waals surface area contributed by atoms with Crippen LogP contribution in [0.4, 0.5) is 0 Å². The molecule has 0 saturated carbocycles. The van der Waals surface area contributed by atoms with E-state index in [0.717, 1.165) is 27.7 Å². The predicted octanol–water partition coefficient (Wildman–Crippen LogP) is 5.30. The van der Waals surface area contributed by atoms with E-state index in [9.17, 15) is 4.79 Å². The van der Waals surface area contributed by atoms with E-state index in [1.807, 2.05) is 55.7 Å². The molecule has 112 valence electrons. The van der Waals surface area contributed by atoms with E-state index in [-0.39, 0.29) is 5.91 Å². The van der Waals surface area contributed by atoms with Crippen LogP contribution in [0.25, 0.3) is 22.2 Å². The normalized spacial score (nSPS) is 11.8. The molecule has 0 aliphatic carbocycles. The topological polar surface area (TPSA) is 22.0 Å². The summed E-state index contributed by atoms with van der Waals surface area (Å²) in [7, 11) is 0. The van der Waals surface area contributed by atoms with Crippen LogP contribution in [-0.4, -0.2) is 10.5 Å². The van der Waals surface area contributed by atoms with Crippen LogP contribution >= 0.6 is 0 Å². The molecule has 0 spiro atoms. The molecule has 0 aliphatic rings. The molecule has 0 saturated heterocycles. The smallest absolute Gasteiger partial charge is 0.236 e. The van der Waals surface area contributed by atoms with Gasteiger partial charge in [-0.15, -0.1) is 0 Å². The van der Waals surface area contributed by atoms with Gasteiger partial charge >= 0.3 is 0 Å². The van der Waals surface area contributed by atoms with Gasteiger partial charge in [0.15, 0.2) is 0 Å². The number of nitrogens with zero attached hydrogens (tertiary/aromatic N) is 1. The summed E-state index contributed by atoms with van der Waals surface area (Å²) in [5.41, 5.74) is 3.74. The summed E-state index contributed by atoms with van der Waals surface area (Å²) in [6.45, 7) is 7.95. The minimum atomic E-state index is -0.431. The Hall–Kier alpha value is -2.35. The van der Waals surface area contributed by atoms with Crippen molar-refractivity contribution in [3.05, 3.63) is 60.2 Å². The number of aryl methyl sites for hydroxylation is 1. The molecule has 0 atom stereocenters. The van der Waals surface area contributed by atoms with Crippen LogP contribution in [0, 0.1) is 12.3 Å². The van der Waals surface area contributed by atoms with Gasteiger partial charge in [-0.05, 0) is 30.2 Å². The third-order valence-corrected chi connectivity index (χ3v) is 3.87. The second kappa shape index (κ2) is 5.13. The van der Waals surface area contributed by atoms with Crippen LogP contribution in [0.3, 0.4) is 0 Å². The number of benzene rings is 2. The maximum Gasteiger partial charge on any atom is 0.236 e. The molecule has 22 heavy (non-hydrogen) atoms. The van der Waals surface area contributed by atoms with Gasteiger partial charge in [-0.25, -0.2) is 0 Å². The van der Waals surface area contributed by atoms with Gasteiger partial charge in [0.25, 0.3) is 0 Å². The van der Waals surface area contributed by atoms with E-state index in [4.69, 9.17) is 0 Å². The van der Waals surface area contributed by atoms with Gasteiger partial charge < -0.3 is 0 Å². The van der Waals surface area contributed by atoms with E-state index in [2.05, 4.69) is 31.2 Å². The van der Waals surface area contributed by atoms with Crippen LogP contribution in [-0.2, 0) is 0 Å². The van der Waals surface area contributed by atoms with Gasteiger partial charge in [0.1, 0.15) is 0 Å². The molecule has 0 unspecified atom stereocenters. The molecular weight excluding hydrogens is 270 g/mol. The van der Waals surface area contributed by atoms with Crippen LogP contribution in [0.15, 0.2) is 54.6 Å². The van der Waals surface area contributed by atoms with Gasteiger partial charge in [-0.1, -0.05) is 63.2 Å². The SMILES string of the molecule is Cc1ccc2cc(-c3ccccc3)n(C(=O)C(C)(C)C)c2c1. The highest BCUT2D eigenvalue weighted by atomic mass is 16.2. The number of carbonyl (C=O) groups excluding carboxylic acids is 1. The number of hydrogen-bond donors (Lipinski definition) is 0. The lowest BCUT2D eigenvalue weighted by atomic mass is 9.95. The van der Waals surface area contributed by atoms with Crippen molar-refractivity contribution in [2.24, 2.45) is 5.41 Å². The average Bonchev–Trinajstić information content (AvgIpc) is 2.84. The summed E-state index contributed by atoms with van der Waals surface area (Å²) in [5, 5.41) is 1.10. The zero-order valence-corrected chi connectivity index (χ0v) is 13.6. The van der Waals surface area contributed by atoms with Crippen molar-refractivity contribution < 1.29 is 4.79 Å². The molecule has 1 aromatic heterocycles. The highest BCUT2D eigenvalue weighted by Gasteiger charge is 2.27. The fourth-order valence-electron chi connectivity index (χ4n) is 2.69. The van der Waals surface area contributed by atoms with Gasteiger partial charge in [-0.2, -0.15) is 0 Å². The average molecular weight is 291 g/mol. The Labute approximate surface area is 131 Å². The predicted molar refractivity (Wildman–Crippen MR) is 92.2 cm³/mol. The molecule has 0 aliphatic heterocycles. The number of fused-ring (bicyclic) bond motifs is 1. The van der Waals surface area contributed by atoms with E-state index in [1.54, 1.807) is 0 Å². The highest BCUT2D eigenvalue weighted by molar-refractivity contribution is 6.00. The van der Waals surface area contributed by atoms with E-state index in [0.29, 0.717) is 0 Å². The molecule has 0 bridgehead atoms. The van der Waals surface area contributed by atoms with Gasteiger partial charge in [0.2, 0.25) is 5.91 Å². The lowest BCUT2D eigenvalue weighted by molar-refractivity contribution is 0.0775. The maximum absolute atomic E-state index is 13.0. The fourth-order valence-corrected chi connectivity index (χ4v) is 2.69. The molecule has 0 N–H and O–H groups in total. The first kappa shape index (κ1) is 14.6. The molecule has 3 aromatic rings. The van der Waals surface area contributed by atoms with Gasteiger partial charge in [0, 0.05) is 10.8 Å². The molecule has 2 heteroatoms. The zero-order valence-electron chi connectivity index (χ0n) is 13.6. The third-order valence-electron chi connectivity index (χ3n) is 3.87. The minimum Gasteiger partial charge on any atom is -0.279 e. The van der Waals surface area contributed by atoms with Crippen molar-refractivity contribution in [1.82, 2.24) is 4.57 Å². The van der Waals surface area contributed by atoms with Gasteiger partial charge in [0.05, 0.1) is 11.2 Å². The Balaban J connectivity index is 2.35. The largest absolute Gasteiger partial charge is 0.279 e. The second-order valence-electron chi connectivity index (χ2n) is 6.85. The molecular formula is C20H21NO. The summed E-state index contributed by atoms with van der Waals surface area (Å²) in [6.07, 6.45) is 0. The Morgan fingerprint density at radius 2 is 1.64 bits per heavy atom. The fraction of sp³-hybridized carbons (Fsp3) is 0.250. The van der Waals surface area contributed by atoms with E-state index in [1.165, 1.54) is 0 Å². The van der Waals surface area contributed by atoms with Crippen molar-refractivity contribution in [1.29, 1.82) is 0 Å². The number of rotatable bonds is 1. The van der Waals surface area contributed by atoms with Crippen molar-refractivity contribution in [2.45, 2.75) is 27.7 Å². The Morgan fingerprint density at radius 1 is 0.955 bits per heavy atom. The van der Waals surface area contributed by atoms with E-state index >= 15 is 0 Å². The molecule has 2 nitrogen and oxygen atoms in total. The molecule has 1 heterocycles. The first-order valence-corrected chi connectivity index (χ1v) is 7.60. The number of aromatic nitrogens is 1. The third kappa shape index (κ3) is 2.45. The molecule has 0 radical (unpaired) electrons. The molecule has 2 aromatic carbocycles. The lowest BCUT2D eigenvalue weighted by Crippen LogP contribution is -2.27. The zero-order chi connectivity index (χ0) is 15.9. The summed E-state index contributed by atoms with van der Waals surface area (Å²) in [6, 6.07) is 18.5. The van der Waals surface area contributed by atoms with Crippen LogP contribution in [0.1, 0.15) is 31.1 Å².